The molecule has 0 bridgehead atoms. The van der Waals surface area contributed by atoms with Gasteiger partial charge in [0, 0.05) is 22.3 Å². The molecule has 0 atom stereocenters. The molecule has 0 aliphatic heterocycles. The van der Waals surface area contributed by atoms with E-state index in [1.54, 1.807) is 0 Å². The van der Waals surface area contributed by atoms with Crippen molar-refractivity contribution in [3.63, 3.8) is 0 Å². The molecule has 3 nitrogen and oxygen atoms in total. The van der Waals surface area contributed by atoms with E-state index in [1.165, 1.54) is 5.56 Å². The number of anilines is 1. The molecule has 1 aromatic carbocycles. The predicted molar refractivity (Wildman–Crippen MR) is 112 cm³/mol. The number of aromatic nitrogens is 2. The number of benzene rings is 1. The minimum Gasteiger partial charge on any atom is -0.364 e. The van der Waals surface area contributed by atoms with Gasteiger partial charge in [0.2, 0.25) is 0 Å². The van der Waals surface area contributed by atoms with Crippen LogP contribution in [0.2, 0.25) is 5.02 Å². The second-order valence-corrected chi connectivity index (χ2v) is 9.43. The molecule has 0 saturated heterocycles. The lowest BCUT2D eigenvalue weighted by Gasteiger charge is -2.34. The number of nitrogens with zero attached hydrogens (tertiary/aromatic N) is 2. The van der Waals surface area contributed by atoms with Crippen LogP contribution in [-0.2, 0) is 0 Å². The van der Waals surface area contributed by atoms with Crippen molar-refractivity contribution in [2.45, 2.75) is 53.5 Å². The van der Waals surface area contributed by atoms with E-state index in [9.17, 15) is 0 Å². The first-order chi connectivity index (χ1) is 12.0. The van der Waals surface area contributed by atoms with Crippen LogP contribution in [0.3, 0.4) is 0 Å². The topological polar surface area (TPSA) is 29.3 Å². The van der Waals surface area contributed by atoms with Crippen molar-refractivity contribution in [2.24, 2.45) is 5.41 Å². The Balaban J connectivity index is 2.13. The lowest BCUT2D eigenvalue weighted by atomic mass is 9.82. The minimum atomic E-state index is -0.0703. The maximum atomic E-state index is 6.08. The smallest absolute Gasteiger partial charge is 0.139 e. The Morgan fingerprint density at radius 2 is 1.65 bits per heavy atom. The van der Waals surface area contributed by atoms with Crippen LogP contribution in [0.25, 0.3) is 16.9 Å². The van der Waals surface area contributed by atoms with Gasteiger partial charge in [0.25, 0.3) is 0 Å². The molecule has 0 amide bonds. The third kappa shape index (κ3) is 4.21. The Morgan fingerprint density at radius 3 is 2.27 bits per heavy atom. The SMILES string of the molecule is Cc1ccc2nc(-c3ccc(Cl)cc3)c(NC(C)(C)CC(C)(C)C)n2c1. The van der Waals surface area contributed by atoms with Crippen molar-refractivity contribution < 1.29 is 0 Å². The second-order valence-electron chi connectivity index (χ2n) is 9.00. The average Bonchev–Trinajstić information content (AvgIpc) is 2.83. The molecule has 4 heteroatoms. The molecule has 2 aromatic heterocycles. The number of aryl methyl sites for hydroxylation is 1. The standard InChI is InChI=1S/C22H28ClN3/c1-15-7-12-18-24-19(16-8-10-17(23)11-9-16)20(26(18)13-15)25-22(5,6)14-21(2,3)4/h7-13,25H,14H2,1-6H3. The third-order valence-electron chi connectivity index (χ3n) is 4.31. The number of pyridine rings is 1. The molecule has 0 saturated carbocycles. The molecule has 26 heavy (non-hydrogen) atoms. The van der Waals surface area contributed by atoms with Gasteiger partial charge in [0.05, 0.1) is 0 Å². The summed E-state index contributed by atoms with van der Waals surface area (Å²) >= 11 is 6.08. The zero-order valence-electron chi connectivity index (χ0n) is 16.5. The van der Waals surface area contributed by atoms with Crippen molar-refractivity contribution in [1.82, 2.24) is 9.38 Å². The molecular weight excluding hydrogens is 342 g/mol. The van der Waals surface area contributed by atoms with E-state index in [2.05, 4.69) is 69.6 Å². The molecular formula is C22H28ClN3. The molecule has 0 aliphatic rings. The summed E-state index contributed by atoms with van der Waals surface area (Å²) in [6.07, 6.45) is 3.18. The van der Waals surface area contributed by atoms with E-state index in [0.29, 0.717) is 0 Å². The van der Waals surface area contributed by atoms with E-state index < -0.39 is 0 Å². The quantitative estimate of drug-likeness (QED) is 0.562. The van der Waals surface area contributed by atoms with Gasteiger partial charge < -0.3 is 5.32 Å². The van der Waals surface area contributed by atoms with Crippen LogP contribution in [0.4, 0.5) is 5.82 Å². The second kappa shape index (κ2) is 6.62. The number of nitrogens with one attached hydrogen (secondary N) is 1. The summed E-state index contributed by atoms with van der Waals surface area (Å²) in [6, 6.07) is 12.0. The van der Waals surface area contributed by atoms with Gasteiger partial charge in [0.1, 0.15) is 17.2 Å². The van der Waals surface area contributed by atoms with E-state index in [0.717, 1.165) is 34.2 Å². The Bertz CT molecular complexity index is 915. The van der Waals surface area contributed by atoms with Gasteiger partial charge in [0.15, 0.2) is 0 Å². The summed E-state index contributed by atoms with van der Waals surface area (Å²) in [5.41, 5.74) is 4.31. The zero-order valence-corrected chi connectivity index (χ0v) is 17.3. The highest BCUT2D eigenvalue weighted by atomic mass is 35.5. The fourth-order valence-electron chi connectivity index (χ4n) is 3.77. The van der Waals surface area contributed by atoms with Gasteiger partial charge in [-0.25, -0.2) is 4.98 Å². The normalized spacial score (nSPS) is 12.6. The Kier molecular flexibility index (Phi) is 4.78. The highest BCUT2D eigenvalue weighted by molar-refractivity contribution is 6.30. The average molecular weight is 370 g/mol. The van der Waals surface area contributed by atoms with Gasteiger partial charge in [-0.3, -0.25) is 4.40 Å². The van der Waals surface area contributed by atoms with Gasteiger partial charge in [-0.2, -0.15) is 0 Å². The molecule has 0 unspecified atom stereocenters. The lowest BCUT2D eigenvalue weighted by molar-refractivity contribution is 0.302. The maximum Gasteiger partial charge on any atom is 0.139 e. The Morgan fingerprint density at radius 1 is 1.00 bits per heavy atom. The molecule has 0 spiro atoms. The molecule has 1 N–H and O–H groups in total. The number of hydrogen-bond acceptors (Lipinski definition) is 2. The van der Waals surface area contributed by atoms with E-state index in [1.807, 2.05) is 24.3 Å². The largest absolute Gasteiger partial charge is 0.364 e. The molecule has 138 valence electrons. The van der Waals surface area contributed by atoms with Gasteiger partial charge in [-0.05, 0) is 56.4 Å². The monoisotopic (exact) mass is 369 g/mol. The lowest BCUT2D eigenvalue weighted by Crippen LogP contribution is -2.36. The van der Waals surface area contributed by atoms with Crippen LogP contribution in [0, 0.1) is 12.3 Å². The van der Waals surface area contributed by atoms with Crippen LogP contribution < -0.4 is 5.32 Å². The number of rotatable bonds is 4. The van der Waals surface area contributed by atoms with Crippen molar-refractivity contribution >= 4 is 23.1 Å². The molecule has 3 aromatic rings. The highest BCUT2D eigenvalue weighted by Crippen LogP contribution is 2.35. The van der Waals surface area contributed by atoms with Crippen LogP contribution in [-0.4, -0.2) is 14.9 Å². The van der Waals surface area contributed by atoms with Gasteiger partial charge in [-0.1, -0.05) is 50.6 Å². The first-order valence-electron chi connectivity index (χ1n) is 9.07. The van der Waals surface area contributed by atoms with E-state index >= 15 is 0 Å². The van der Waals surface area contributed by atoms with Gasteiger partial charge in [-0.15, -0.1) is 0 Å². The molecule has 2 heterocycles. The summed E-state index contributed by atoms with van der Waals surface area (Å²) in [5.74, 6) is 1.03. The van der Waals surface area contributed by atoms with E-state index in [4.69, 9.17) is 16.6 Å². The predicted octanol–water partition coefficient (Wildman–Crippen LogP) is 6.59. The van der Waals surface area contributed by atoms with Crippen molar-refractivity contribution in [3.05, 3.63) is 53.2 Å². The Labute approximate surface area is 161 Å². The maximum absolute atomic E-state index is 6.08. The van der Waals surface area contributed by atoms with Crippen LogP contribution in [0.5, 0.6) is 0 Å². The Hall–Kier alpha value is -2.00. The van der Waals surface area contributed by atoms with Crippen LogP contribution in [0.15, 0.2) is 42.6 Å². The van der Waals surface area contributed by atoms with Crippen molar-refractivity contribution in [1.29, 1.82) is 0 Å². The number of hydrogen-bond donors (Lipinski definition) is 1. The number of halogens is 1. The summed E-state index contributed by atoms with van der Waals surface area (Å²) < 4.78 is 2.16. The summed E-state index contributed by atoms with van der Waals surface area (Å²) in [4.78, 5) is 4.89. The van der Waals surface area contributed by atoms with Crippen LogP contribution >= 0.6 is 11.6 Å². The first-order valence-corrected chi connectivity index (χ1v) is 9.45. The fourth-order valence-corrected chi connectivity index (χ4v) is 3.90. The van der Waals surface area contributed by atoms with Gasteiger partial charge >= 0.3 is 0 Å². The molecule has 0 fully saturated rings. The molecule has 3 rings (SSSR count). The molecule has 0 aliphatic carbocycles. The molecule has 0 radical (unpaired) electrons. The summed E-state index contributed by atoms with van der Waals surface area (Å²) in [5, 5.41) is 4.51. The summed E-state index contributed by atoms with van der Waals surface area (Å²) in [6.45, 7) is 13.4. The van der Waals surface area contributed by atoms with Crippen LogP contribution in [0.1, 0.15) is 46.6 Å². The summed E-state index contributed by atoms with van der Waals surface area (Å²) in [7, 11) is 0. The minimum absolute atomic E-state index is 0.0703. The first kappa shape index (κ1) is 18.8. The third-order valence-corrected chi connectivity index (χ3v) is 4.57. The van der Waals surface area contributed by atoms with Crippen molar-refractivity contribution in [2.75, 3.05) is 5.32 Å². The number of fused-ring (bicyclic) bond motifs is 1. The van der Waals surface area contributed by atoms with Crippen molar-refractivity contribution in [3.8, 4) is 11.3 Å². The van der Waals surface area contributed by atoms with E-state index in [-0.39, 0.29) is 11.0 Å². The fraction of sp³-hybridized carbons (Fsp3) is 0.409. The highest BCUT2D eigenvalue weighted by Gasteiger charge is 2.28. The zero-order chi connectivity index (χ0) is 19.1. The number of imidazole rings is 1.